The summed E-state index contributed by atoms with van der Waals surface area (Å²) in [5.74, 6) is -7.53. The second kappa shape index (κ2) is 74.0. The molecule has 148 heavy (non-hydrogen) atoms. The van der Waals surface area contributed by atoms with E-state index < -0.39 is 214 Å². The Morgan fingerprint density at radius 3 is 1.05 bits per heavy atom. The molecule has 0 aromatic heterocycles. The predicted molar refractivity (Wildman–Crippen MR) is 530 cm³/mol. The number of carbonyl (C=O) groups excluding carboxylic acids is 14. The van der Waals surface area contributed by atoms with Crippen LogP contribution in [-0.2, 0) is 114 Å². The van der Waals surface area contributed by atoms with Gasteiger partial charge >= 0.3 is 13.8 Å². The van der Waals surface area contributed by atoms with E-state index in [0.717, 1.165) is 7.11 Å². The van der Waals surface area contributed by atoms with Crippen molar-refractivity contribution < 1.29 is 179 Å². The molecule has 20 unspecified atom stereocenters. The minimum atomic E-state index is -4.08. The monoisotopic (exact) mass is 2150 g/mol. The molecule has 0 spiro atoms. The molecule has 4 saturated heterocycles. The van der Waals surface area contributed by atoms with Crippen LogP contribution in [0.5, 0.6) is 5.75 Å². The van der Waals surface area contributed by atoms with Crippen molar-refractivity contribution in [3.8, 4) is 5.75 Å². The van der Waals surface area contributed by atoms with Crippen LogP contribution in [0.4, 0.5) is 0 Å². The van der Waals surface area contributed by atoms with Gasteiger partial charge in [0.1, 0.15) is 48.6 Å². The van der Waals surface area contributed by atoms with Crippen molar-refractivity contribution in [2.24, 2.45) is 0 Å². The van der Waals surface area contributed by atoms with Crippen molar-refractivity contribution in [2.45, 2.75) is 342 Å². The van der Waals surface area contributed by atoms with Crippen molar-refractivity contribution in [3.05, 3.63) is 29.3 Å². The number of hydrogen-bond donors (Lipinski definition) is 24. The van der Waals surface area contributed by atoms with E-state index in [1.807, 2.05) is 0 Å². The van der Waals surface area contributed by atoms with E-state index in [1.165, 1.54) is 57.7 Å². The number of benzene rings is 1. The van der Waals surface area contributed by atoms with Crippen LogP contribution in [-0.4, -0.2) is 386 Å². The average Bonchev–Trinajstić information content (AvgIpc) is 0.846. The number of phosphoric ester groups is 1. The van der Waals surface area contributed by atoms with Gasteiger partial charge < -0.3 is 168 Å². The number of carbonyl (C=O) groups is 15. The van der Waals surface area contributed by atoms with Gasteiger partial charge in [-0.05, 0) is 140 Å². The van der Waals surface area contributed by atoms with Crippen molar-refractivity contribution in [1.82, 2.24) is 74.4 Å². The van der Waals surface area contributed by atoms with Gasteiger partial charge in [-0.1, -0.05) is 19.3 Å². The summed E-state index contributed by atoms with van der Waals surface area (Å²) in [5.41, 5.74) is -0.216. The zero-order valence-corrected chi connectivity index (χ0v) is 87.1. The number of aliphatic carboxylic acids is 1. The average molecular weight is 2150 g/mol. The number of nitrogens with one attached hydrogen (secondary N) is 14. The molecular formula is C95H161N14O37PS. The second-order valence-corrected chi connectivity index (χ2v) is 39.5. The van der Waals surface area contributed by atoms with Crippen molar-refractivity contribution in [1.29, 1.82) is 0 Å². The van der Waals surface area contributed by atoms with Gasteiger partial charge in [0, 0.05) is 176 Å². The third-order valence-corrected chi connectivity index (χ3v) is 26.3. The van der Waals surface area contributed by atoms with E-state index in [4.69, 9.17) is 47.2 Å². The van der Waals surface area contributed by atoms with Crippen LogP contribution in [0.3, 0.4) is 0 Å². The summed E-state index contributed by atoms with van der Waals surface area (Å²) < 4.78 is 73.1. The predicted octanol–water partition coefficient (Wildman–Crippen LogP) is -2.37. The van der Waals surface area contributed by atoms with E-state index in [1.54, 1.807) is 0 Å². The molecule has 0 radical (unpaired) electrons. The fourth-order valence-electron chi connectivity index (χ4n) is 16.2. The lowest BCUT2D eigenvalue weighted by molar-refractivity contribution is -0.237. The lowest BCUT2D eigenvalue weighted by Gasteiger charge is -2.39. The molecule has 4 fully saturated rings. The molecule has 844 valence electrons. The van der Waals surface area contributed by atoms with Crippen LogP contribution in [0.25, 0.3) is 0 Å². The van der Waals surface area contributed by atoms with Crippen molar-refractivity contribution in [2.75, 3.05) is 131 Å². The van der Waals surface area contributed by atoms with E-state index in [9.17, 15) is 127 Å². The number of hydrogen-bond acceptors (Lipinski definition) is 36. The molecule has 0 bridgehead atoms. The highest BCUT2D eigenvalue weighted by molar-refractivity contribution is 8.00. The highest BCUT2D eigenvalue weighted by Crippen LogP contribution is 2.42. The standard InChI is InChI=1S/C95H161N14O37PS/c1-59(114)104-83-72(118)50-66(55-110)143-92(83)138-40-20-12-28-77(122)96-32-17-10-25-70(108-80(125)30-14-22-42-140-94-85(106-61(3)116)74(120)52-68(57-112)145-94)89(131)102-37-35-100-87(129)63-47-64(49-65(48-63)137-45-39-98-79(124)27-9-8-16-34-99-91(133)76(54-82(127)128)148-46-24-7-6-19-44-142-147(134,135)136-5)88(130)101-36-38-103-90(132)71(109-81(126)31-15-23-43-141-95-86(107-62(4)117)75(121)53-69(58-113)146-95)26-11-18-33-97-78(123)29-13-21-41-139-93-84(105-60(2)115)73(119)51-67(56-111)144-93/h47-49,66-76,83-86,92-95,110-113,118-121H,6-46,50-58H2,1-5H3,(H,96,122)(H,97,123)(H,98,124)(H,99,133)(H,100,129)(H,101,130)(H,102,131)(H,103,132)(H,104,114)(H,105,115)(H,106,116)(H,107,117)(H,108,125)(H,109,126)(H,127,128)(H,134,135). The number of ether oxygens (including phenoxy) is 9. The third kappa shape index (κ3) is 54.2. The lowest BCUT2D eigenvalue weighted by atomic mass is 10.00. The molecule has 0 aliphatic carbocycles. The number of carboxylic acid groups (broad SMARTS) is 1. The van der Waals surface area contributed by atoms with E-state index >= 15 is 0 Å². The molecule has 4 aliphatic heterocycles. The number of aliphatic hydroxyl groups is 8. The number of carboxylic acids is 1. The highest BCUT2D eigenvalue weighted by Gasteiger charge is 2.44. The number of rotatable bonds is 77. The molecule has 1 aromatic carbocycles. The Morgan fingerprint density at radius 1 is 0.378 bits per heavy atom. The summed E-state index contributed by atoms with van der Waals surface area (Å²) in [4.78, 5) is 205. The summed E-state index contributed by atoms with van der Waals surface area (Å²) in [5, 5.41) is 128. The maximum Gasteiger partial charge on any atom is 0.471 e. The van der Waals surface area contributed by atoms with Gasteiger partial charge in [0.15, 0.2) is 25.2 Å². The van der Waals surface area contributed by atoms with E-state index in [0.29, 0.717) is 102 Å². The van der Waals surface area contributed by atoms with Gasteiger partial charge in [-0.2, -0.15) is 0 Å². The molecule has 20 atom stereocenters. The number of amides is 14. The zero-order valence-electron chi connectivity index (χ0n) is 85.4. The molecule has 51 nitrogen and oxygen atoms in total. The van der Waals surface area contributed by atoms with E-state index in [2.05, 4.69) is 79.0 Å². The molecule has 5 rings (SSSR count). The van der Waals surface area contributed by atoms with Crippen LogP contribution in [0.15, 0.2) is 18.2 Å². The van der Waals surface area contributed by atoms with Crippen molar-refractivity contribution >= 4 is 108 Å². The third-order valence-electron chi connectivity index (χ3n) is 24.0. The molecule has 14 amide bonds. The molecule has 4 aliphatic rings. The lowest BCUT2D eigenvalue weighted by Crippen LogP contribution is -2.58. The molecule has 4 heterocycles. The Labute approximate surface area is 866 Å². The van der Waals surface area contributed by atoms with Gasteiger partial charge in [-0.25, -0.2) is 4.57 Å². The van der Waals surface area contributed by atoms with E-state index in [-0.39, 0.29) is 236 Å². The molecule has 24 N–H and O–H groups in total. The topological polar surface area (TPSA) is 745 Å². The van der Waals surface area contributed by atoms with Crippen LogP contribution in [0.2, 0.25) is 0 Å². The Morgan fingerprint density at radius 2 is 0.696 bits per heavy atom. The Kier molecular flexibility index (Phi) is 64.7. The summed E-state index contributed by atoms with van der Waals surface area (Å²) in [6, 6.07) is -1.96. The summed E-state index contributed by atoms with van der Waals surface area (Å²) in [7, 11) is -3.02. The van der Waals surface area contributed by atoms with Gasteiger partial charge in [-0.15, -0.1) is 11.8 Å². The summed E-state index contributed by atoms with van der Waals surface area (Å²) in [6.45, 7) is 3.35. The molecular weight excluding hydrogens is 1990 g/mol. The summed E-state index contributed by atoms with van der Waals surface area (Å²) >= 11 is 1.21. The number of thioether (sulfide) groups is 1. The second-order valence-electron chi connectivity index (χ2n) is 36.6. The SMILES string of the molecule is COP(=O)(O)OCCCCCCSC(CC(=O)O)C(=O)NCCCCCC(=O)NCCOc1cc(C(=O)NCCNC(=O)C(CCCCNC(=O)CCCCOC2OC(CO)CC(O)C2NC(C)=O)NC(=O)CCCCOC2OC(CO)CC(O)C2NC(C)=O)cc(C(=O)NCCNC(=O)C(CCCCNC(=O)CCCCOC2OC(CO)CC(O)C2NC(C)=O)NC(=O)CCCCOC2OC(CO)CC(O)C2NC(C)=O)c1. The first kappa shape index (κ1) is 129. The quantitative estimate of drug-likeness (QED) is 0.0239. The zero-order chi connectivity index (χ0) is 109. The normalized spacial score (nSPS) is 22.7. The minimum Gasteiger partial charge on any atom is -0.492 e. The fraction of sp³-hybridized carbons (Fsp3) is 0.779. The van der Waals surface area contributed by atoms with Crippen LogP contribution in [0, 0.1) is 0 Å². The Balaban J connectivity index is 1.24. The maximum atomic E-state index is 14.2. The number of aliphatic hydroxyl groups excluding tert-OH is 8. The minimum absolute atomic E-state index is 0.00590. The first-order chi connectivity index (χ1) is 70.8. The fourth-order valence-corrected chi connectivity index (χ4v) is 17.8. The van der Waals surface area contributed by atoms with Gasteiger partial charge in [0.05, 0.1) is 100 Å². The largest absolute Gasteiger partial charge is 0.492 e. The molecule has 0 saturated carbocycles. The number of unbranched alkanes of at least 4 members (excludes halogenated alkanes) is 11. The smallest absolute Gasteiger partial charge is 0.471 e. The van der Waals surface area contributed by atoms with Crippen LogP contribution in [0.1, 0.15) is 247 Å². The molecule has 1 aromatic rings. The first-order valence-corrected chi connectivity index (χ1v) is 53.6. The number of phosphoric acid groups is 1. The Hall–Kier alpha value is -9.11. The van der Waals surface area contributed by atoms with Gasteiger partial charge in [-0.3, -0.25) is 81.0 Å². The maximum absolute atomic E-state index is 14.2. The van der Waals surface area contributed by atoms with Crippen LogP contribution < -0.4 is 79.2 Å². The first-order valence-electron chi connectivity index (χ1n) is 51.1. The summed E-state index contributed by atoms with van der Waals surface area (Å²) in [6.07, 6.45) is -3.37. The molecule has 53 heteroatoms. The van der Waals surface area contributed by atoms with Gasteiger partial charge in [0.2, 0.25) is 70.9 Å². The Bertz CT molecular complexity index is 4040. The van der Waals surface area contributed by atoms with Gasteiger partial charge in [0.25, 0.3) is 11.8 Å². The van der Waals surface area contributed by atoms with Crippen molar-refractivity contribution in [3.63, 3.8) is 0 Å². The highest BCUT2D eigenvalue weighted by atomic mass is 32.2. The van der Waals surface area contributed by atoms with Crippen LogP contribution >= 0.6 is 19.6 Å².